The molecule has 1 aliphatic rings. The second-order valence-corrected chi connectivity index (χ2v) is 3.81. The molecule has 1 unspecified atom stereocenters. The SMILES string of the molecule is CCN1CCN(C)C(CCOC)C1. The molecule has 1 rings (SSSR count). The van der Waals surface area contributed by atoms with Gasteiger partial charge in [0.05, 0.1) is 0 Å². The first-order valence-corrected chi connectivity index (χ1v) is 5.19. The molecular formula is C10H22N2O. The Balaban J connectivity index is 2.31. The topological polar surface area (TPSA) is 15.7 Å². The Morgan fingerprint density at radius 2 is 2.15 bits per heavy atom. The van der Waals surface area contributed by atoms with Gasteiger partial charge in [-0.1, -0.05) is 6.92 Å². The van der Waals surface area contributed by atoms with Gasteiger partial charge in [-0.05, 0) is 20.0 Å². The quantitative estimate of drug-likeness (QED) is 0.641. The fourth-order valence-corrected chi connectivity index (χ4v) is 1.86. The molecule has 1 atom stereocenters. The molecule has 3 heteroatoms. The van der Waals surface area contributed by atoms with Crippen molar-refractivity contribution in [1.82, 2.24) is 9.80 Å². The molecule has 78 valence electrons. The van der Waals surface area contributed by atoms with Crippen LogP contribution in [-0.4, -0.2) is 62.8 Å². The minimum absolute atomic E-state index is 0.689. The van der Waals surface area contributed by atoms with E-state index >= 15 is 0 Å². The van der Waals surface area contributed by atoms with Gasteiger partial charge in [-0.25, -0.2) is 0 Å². The molecule has 1 heterocycles. The Morgan fingerprint density at radius 1 is 1.38 bits per heavy atom. The summed E-state index contributed by atoms with van der Waals surface area (Å²) in [5.74, 6) is 0. The van der Waals surface area contributed by atoms with Crippen LogP contribution in [0.1, 0.15) is 13.3 Å². The van der Waals surface area contributed by atoms with Crippen molar-refractivity contribution in [3.05, 3.63) is 0 Å². The molecule has 1 saturated heterocycles. The van der Waals surface area contributed by atoms with E-state index in [0.29, 0.717) is 6.04 Å². The Labute approximate surface area is 81.7 Å². The third kappa shape index (κ3) is 3.25. The lowest BCUT2D eigenvalue weighted by atomic mass is 10.1. The standard InChI is InChI=1S/C10H22N2O/c1-4-12-7-6-11(2)10(9-12)5-8-13-3/h10H,4-9H2,1-3H3. The summed E-state index contributed by atoms with van der Waals surface area (Å²) < 4.78 is 5.12. The predicted octanol–water partition coefficient (Wildman–Crippen LogP) is 0.659. The van der Waals surface area contributed by atoms with Crippen LogP contribution in [0.2, 0.25) is 0 Å². The Kier molecular flexibility index (Phi) is 4.70. The highest BCUT2D eigenvalue weighted by Gasteiger charge is 2.22. The monoisotopic (exact) mass is 186 g/mol. The van der Waals surface area contributed by atoms with Crippen LogP contribution in [0.5, 0.6) is 0 Å². The van der Waals surface area contributed by atoms with E-state index in [2.05, 4.69) is 23.8 Å². The molecule has 0 aromatic heterocycles. The van der Waals surface area contributed by atoms with Crippen molar-refractivity contribution in [1.29, 1.82) is 0 Å². The molecule has 3 nitrogen and oxygen atoms in total. The van der Waals surface area contributed by atoms with Crippen LogP contribution in [0.25, 0.3) is 0 Å². The highest BCUT2D eigenvalue weighted by Crippen LogP contribution is 2.10. The summed E-state index contributed by atoms with van der Waals surface area (Å²) in [7, 11) is 3.99. The summed E-state index contributed by atoms with van der Waals surface area (Å²) in [6, 6.07) is 0.689. The van der Waals surface area contributed by atoms with Crippen LogP contribution in [-0.2, 0) is 4.74 Å². The van der Waals surface area contributed by atoms with Gasteiger partial charge in [-0.3, -0.25) is 0 Å². The average molecular weight is 186 g/mol. The van der Waals surface area contributed by atoms with Crippen LogP contribution in [0.15, 0.2) is 0 Å². The number of ether oxygens (including phenoxy) is 1. The molecular weight excluding hydrogens is 164 g/mol. The summed E-state index contributed by atoms with van der Waals surface area (Å²) in [5.41, 5.74) is 0. The van der Waals surface area contributed by atoms with Crippen molar-refractivity contribution in [2.75, 3.05) is 46.9 Å². The molecule has 0 saturated carbocycles. The smallest absolute Gasteiger partial charge is 0.0477 e. The first-order valence-electron chi connectivity index (χ1n) is 5.19. The van der Waals surface area contributed by atoms with Crippen LogP contribution in [0, 0.1) is 0 Å². The van der Waals surface area contributed by atoms with Crippen LogP contribution in [0.3, 0.4) is 0 Å². The Hall–Kier alpha value is -0.120. The Bertz CT molecular complexity index is 141. The van der Waals surface area contributed by atoms with E-state index in [1.807, 2.05) is 0 Å². The molecule has 0 aromatic rings. The molecule has 0 amide bonds. The van der Waals surface area contributed by atoms with Crippen molar-refractivity contribution < 1.29 is 4.74 Å². The number of rotatable bonds is 4. The predicted molar refractivity (Wildman–Crippen MR) is 55.0 cm³/mol. The summed E-state index contributed by atoms with van der Waals surface area (Å²) in [6.07, 6.45) is 1.16. The van der Waals surface area contributed by atoms with Gasteiger partial charge < -0.3 is 14.5 Å². The molecule has 1 aliphatic heterocycles. The molecule has 0 N–H and O–H groups in total. The minimum Gasteiger partial charge on any atom is -0.385 e. The highest BCUT2D eigenvalue weighted by molar-refractivity contribution is 4.79. The lowest BCUT2D eigenvalue weighted by Gasteiger charge is -2.39. The lowest BCUT2D eigenvalue weighted by Crippen LogP contribution is -2.51. The maximum atomic E-state index is 5.12. The zero-order chi connectivity index (χ0) is 9.68. The van der Waals surface area contributed by atoms with Gasteiger partial charge in [-0.15, -0.1) is 0 Å². The highest BCUT2D eigenvalue weighted by atomic mass is 16.5. The third-order valence-electron chi connectivity index (χ3n) is 2.96. The van der Waals surface area contributed by atoms with E-state index in [9.17, 15) is 0 Å². The normalized spacial score (nSPS) is 26.5. The number of piperazine rings is 1. The van der Waals surface area contributed by atoms with E-state index < -0.39 is 0 Å². The number of likely N-dealkylation sites (N-methyl/N-ethyl adjacent to an activating group) is 2. The molecule has 0 bridgehead atoms. The van der Waals surface area contributed by atoms with Gasteiger partial charge >= 0.3 is 0 Å². The second kappa shape index (κ2) is 5.58. The molecule has 13 heavy (non-hydrogen) atoms. The van der Waals surface area contributed by atoms with Crippen LogP contribution >= 0.6 is 0 Å². The van der Waals surface area contributed by atoms with E-state index in [0.717, 1.165) is 13.0 Å². The fraction of sp³-hybridized carbons (Fsp3) is 1.00. The van der Waals surface area contributed by atoms with Crippen molar-refractivity contribution in [2.24, 2.45) is 0 Å². The maximum absolute atomic E-state index is 5.12. The number of nitrogens with zero attached hydrogens (tertiary/aromatic N) is 2. The fourth-order valence-electron chi connectivity index (χ4n) is 1.86. The summed E-state index contributed by atoms with van der Waals surface area (Å²) in [5, 5.41) is 0. The van der Waals surface area contributed by atoms with E-state index in [1.54, 1.807) is 7.11 Å². The van der Waals surface area contributed by atoms with Crippen LogP contribution in [0.4, 0.5) is 0 Å². The third-order valence-corrected chi connectivity index (χ3v) is 2.96. The van der Waals surface area contributed by atoms with Crippen molar-refractivity contribution in [3.8, 4) is 0 Å². The second-order valence-electron chi connectivity index (χ2n) is 3.81. The first-order chi connectivity index (χ1) is 6.27. The maximum Gasteiger partial charge on any atom is 0.0477 e. The van der Waals surface area contributed by atoms with Crippen LogP contribution < -0.4 is 0 Å². The molecule has 0 radical (unpaired) electrons. The zero-order valence-electron chi connectivity index (χ0n) is 9.12. The van der Waals surface area contributed by atoms with Gasteiger partial charge in [0.2, 0.25) is 0 Å². The minimum atomic E-state index is 0.689. The summed E-state index contributed by atoms with van der Waals surface area (Å²) in [6.45, 7) is 7.91. The lowest BCUT2D eigenvalue weighted by molar-refractivity contribution is 0.0732. The Morgan fingerprint density at radius 3 is 2.77 bits per heavy atom. The summed E-state index contributed by atoms with van der Waals surface area (Å²) in [4.78, 5) is 4.96. The van der Waals surface area contributed by atoms with Crippen molar-refractivity contribution in [3.63, 3.8) is 0 Å². The van der Waals surface area contributed by atoms with Gasteiger partial charge in [-0.2, -0.15) is 0 Å². The molecule has 0 aliphatic carbocycles. The van der Waals surface area contributed by atoms with Gasteiger partial charge in [0.1, 0.15) is 0 Å². The van der Waals surface area contributed by atoms with Crippen molar-refractivity contribution >= 4 is 0 Å². The zero-order valence-corrected chi connectivity index (χ0v) is 9.12. The molecule has 1 fully saturated rings. The van der Waals surface area contributed by atoms with E-state index in [1.165, 1.54) is 26.2 Å². The number of hydrogen-bond acceptors (Lipinski definition) is 3. The van der Waals surface area contributed by atoms with Gasteiger partial charge in [0.25, 0.3) is 0 Å². The summed E-state index contributed by atoms with van der Waals surface area (Å²) >= 11 is 0. The average Bonchev–Trinajstić information content (AvgIpc) is 2.17. The van der Waals surface area contributed by atoms with Gasteiger partial charge in [0.15, 0.2) is 0 Å². The largest absolute Gasteiger partial charge is 0.385 e. The number of hydrogen-bond donors (Lipinski definition) is 0. The molecule has 0 spiro atoms. The van der Waals surface area contributed by atoms with Gasteiger partial charge in [0, 0.05) is 39.4 Å². The van der Waals surface area contributed by atoms with E-state index in [-0.39, 0.29) is 0 Å². The van der Waals surface area contributed by atoms with Crippen molar-refractivity contribution in [2.45, 2.75) is 19.4 Å². The first kappa shape index (κ1) is 11.0. The van der Waals surface area contributed by atoms with E-state index in [4.69, 9.17) is 4.74 Å². The molecule has 0 aromatic carbocycles. The number of methoxy groups -OCH3 is 1.